The lowest BCUT2D eigenvalue weighted by atomic mass is 10.1. The third kappa shape index (κ3) is 1.93. The second-order valence-electron chi connectivity index (χ2n) is 4.68. The third-order valence-corrected chi connectivity index (χ3v) is 2.98. The quantitative estimate of drug-likeness (QED) is 0.497. The Morgan fingerprint density at radius 2 is 2.00 bits per heavy atom. The molecule has 9 heteroatoms. The average molecular weight is 263 g/mol. The van der Waals surface area contributed by atoms with Gasteiger partial charge in [-0.2, -0.15) is 0 Å². The van der Waals surface area contributed by atoms with E-state index in [1.165, 1.54) is 0 Å². The summed E-state index contributed by atoms with van der Waals surface area (Å²) in [6.07, 6.45) is -3.44. The summed E-state index contributed by atoms with van der Waals surface area (Å²) >= 11 is 0. The second kappa shape index (κ2) is 4.00. The van der Waals surface area contributed by atoms with E-state index in [1.54, 1.807) is 13.8 Å². The number of rotatable bonds is 2. The molecule has 0 N–H and O–H groups in total. The van der Waals surface area contributed by atoms with Crippen molar-refractivity contribution in [3.63, 3.8) is 0 Å². The van der Waals surface area contributed by atoms with Crippen LogP contribution in [0.15, 0.2) is 0 Å². The standard InChI is InChI=1S/C9H13NO8/c1-9(2)16-6-4-5(15-8(6)17-9)7(14-3-13-4)18-10(11)12/h4-8H,3H2,1-2H3/t4-,5-,6+,7?,8+/m0/s1. The Bertz CT molecular complexity index is 360. The predicted octanol–water partition coefficient (Wildman–Crippen LogP) is -0.230. The molecule has 3 saturated heterocycles. The van der Waals surface area contributed by atoms with Gasteiger partial charge in [0.05, 0.1) is 0 Å². The highest BCUT2D eigenvalue weighted by Crippen LogP contribution is 2.41. The first-order valence-electron chi connectivity index (χ1n) is 5.52. The molecular formula is C9H13NO8. The summed E-state index contributed by atoms with van der Waals surface area (Å²) in [7, 11) is 0. The van der Waals surface area contributed by atoms with Gasteiger partial charge in [-0.05, 0) is 13.8 Å². The maximum absolute atomic E-state index is 10.4. The molecule has 1 unspecified atom stereocenters. The van der Waals surface area contributed by atoms with Gasteiger partial charge in [0.25, 0.3) is 5.09 Å². The average Bonchev–Trinajstić information content (AvgIpc) is 2.70. The largest absolute Gasteiger partial charge is 0.346 e. The molecule has 9 nitrogen and oxygen atoms in total. The van der Waals surface area contributed by atoms with E-state index in [1.807, 2.05) is 0 Å². The number of fused-ring (bicyclic) bond motifs is 3. The van der Waals surface area contributed by atoms with Crippen molar-refractivity contribution in [1.82, 2.24) is 0 Å². The van der Waals surface area contributed by atoms with Crippen LogP contribution in [-0.2, 0) is 28.5 Å². The van der Waals surface area contributed by atoms with Crippen LogP contribution < -0.4 is 0 Å². The smallest absolute Gasteiger partial charge is 0.297 e. The van der Waals surface area contributed by atoms with Crippen LogP contribution in [-0.4, -0.2) is 48.6 Å². The van der Waals surface area contributed by atoms with Gasteiger partial charge in [0.1, 0.15) is 25.1 Å². The number of nitrogens with zero attached hydrogens (tertiary/aromatic N) is 1. The summed E-state index contributed by atoms with van der Waals surface area (Å²) < 4.78 is 27.0. The molecule has 0 amide bonds. The van der Waals surface area contributed by atoms with Gasteiger partial charge in [0.15, 0.2) is 12.1 Å². The maximum atomic E-state index is 10.4. The number of hydrogen-bond acceptors (Lipinski definition) is 8. The van der Waals surface area contributed by atoms with Crippen LogP contribution in [0.1, 0.15) is 13.8 Å². The van der Waals surface area contributed by atoms with Gasteiger partial charge >= 0.3 is 0 Å². The van der Waals surface area contributed by atoms with E-state index in [0.29, 0.717) is 0 Å². The highest BCUT2D eigenvalue weighted by molar-refractivity contribution is 4.96. The van der Waals surface area contributed by atoms with E-state index in [2.05, 4.69) is 4.84 Å². The molecule has 3 aliphatic heterocycles. The van der Waals surface area contributed by atoms with Crippen molar-refractivity contribution in [1.29, 1.82) is 0 Å². The summed E-state index contributed by atoms with van der Waals surface area (Å²) in [5.74, 6) is -0.762. The van der Waals surface area contributed by atoms with E-state index in [0.717, 1.165) is 0 Å². The Labute approximate surface area is 102 Å². The molecule has 3 aliphatic rings. The lowest BCUT2D eigenvalue weighted by molar-refractivity contribution is -0.786. The van der Waals surface area contributed by atoms with E-state index in [4.69, 9.17) is 23.7 Å². The van der Waals surface area contributed by atoms with Crippen molar-refractivity contribution in [3.05, 3.63) is 10.1 Å². The normalized spacial score (nSPS) is 45.3. The molecule has 0 spiro atoms. The molecule has 3 rings (SSSR count). The van der Waals surface area contributed by atoms with Gasteiger partial charge in [0, 0.05) is 0 Å². The van der Waals surface area contributed by atoms with Gasteiger partial charge in [-0.15, -0.1) is 10.1 Å². The highest BCUT2D eigenvalue weighted by atomic mass is 17.0. The zero-order valence-electron chi connectivity index (χ0n) is 9.81. The topological polar surface area (TPSA) is 98.5 Å². The first-order chi connectivity index (χ1) is 8.46. The fourth-order valence-electron chi connectivity index (χ4n) is 2.37. The van der Waals surface area contributed by atoms with Crippen LogP contribution in [0, 0.1) is 10.1 Å². The molecular weight excluding hydrogens is 250 g/mol. The third-order valence-electron chi connectivity index (χ3n) is 2.98. The summed E-state index contributed by atoms with van der Waals surface area (Å²) in [4.78, 5) is 14.8. The Kier molecular flexibility index (Phi) is 2.68. The first kappa shape index (κ1) is 12.1. The Morgan fingerprint density at radius 1 is 1.22 bits per heavy atom. The molecule has 3 fully saturated rings. The van der Waals surface area contributed by atoms with Crippen LogP contribution in [0.3, 0.4) is 0 Å². The molecule has 0 aliphatic carbocycles. The van der Waals surface area contributed by atoms with Gasteiger partial charge in [-0.25, -0.2) is 0 Å². The van der Waals surface area contributed by atoms with Crippen LogP contribution >= 0.6 is 0 Å². The van der Waals surface area contributed by atoms with Crippen LogP contribution in [0.4, 0.5) is 0 Å². The summed E-state index contributed by atoms with van der Waals surface area (Å²) in [5.41, 5.74) is 0. The van der Waals surface area contributed by atoms with Crippen LogP contribution in [0.25, 0.3) is 0 Å². The lowest BCUT2D eigenvalue weighted by Gasteiger charge is -2.33. The molecule has 0 radical (unpaired) electrons. The molecule has 3 heterocycles. The molecule has 0 aromatic rings. The Hall–Kier alpha value is -1.00. The van der Waals surface area contributed by atoms with Crippen molar-refractivity contribution in [3.8, 4) is 0 Å². The van der Waals surface area contributed by atoms with Gasteiger partial charge < -0.3 is 23.7 Å². The van der Waals surface area contributed by atoms with Crippen molar-refractivity contribution < 1.29 is 33.6 Å². The summed E-state index contributed by atoms with van der Waals surface area (Å²) in [6.45, 7) is 3.40. The van der Waals surface area contributed by atoms with Gasteiger partial charge in [0.2, 0.25) is 6.29 Å². The minimum Gasteiger partial charge on any atom is -0.346 e. The van der Waals surface area contributed by atoms with Crippen LogP contribution in [0.5, 0.6) is 0 Å². The molecule has 0 bridgehead atoms. The summed E-state index contributed by atoms with van der Waals surface area (Å²) in [6, 6.07) is 0. The lowest BCUT2D eigenvalue weighted by Crippen LogP contribution is -2.50. The fraction of sp³-hybridized carbons (Fsp3) is 1.00. The second-order valence-corrected chi connectivity index (χ2v) is 4.68. The monoisotopic (exact) mass is 263 g/mol. The zero-order chi connectivity index (χ0) is 12.9. The maximum Gasteiger partial charge on any atom is 0.297 e. The van der Waals surface area contributed by atoms with Crippen molar-refractivity contribution in [2.45, 2.75) is 50.5 Å². The highest BCUT2D eigenvalue weighted by Gasteiger charge is 2.59. The number of ether oxygens (including phenoxy) is 5. The minimum absolute atomic E-state index is 0.115. The summed E-state index contributed by atoms with van der Waals surface area (Å²) in [5, 5.41) is 9.43. The van der Waals surface area contributed by atoms with Gasteiger partial charge in [-0.3, -0.25) is 4.84 Å². The van der Waals surface area contributed by atoms with E-state index >= 15 is 0 Å². The predicted molar refractivity (Wildman–Crippen MR) is 51.4 cm³/mol. The van der Waals surface area contributed by atoms with Crippen molar-refractivity contribution in [2.24, 2.45) is 0 Å². The molecule has 18 heavy (non-hydrogen) atoms. The van der Waals surface area contributed by atoms with E-state index in [-0.39, 0.29) is 6.79 Å². The SMILES string of the molecule is CC1(C)O[C@H]2O[C@@H]3C(O[N+](=O)[O-])OCO[C@@H]3[C@H]2O1. The first-order valence-corrected chi connectivity index (χ1v) is 5.52. The van der Waals surface area contributed by atoms with Gasteiger partial charge in [-0.1, -0.05) is 0 Å². The zero-order valence-corrected chi connectivity index (χ0v) is 9.81. The molecule has 0 saturated carbocycles. The molecule has 0 aromatic carbocycles. The molecule has 5 atom stereocenters. The Morgan fingerprint density at radius 3 is 2.72 bits per heavy atom. The Balaban J connectivity index is 1.73. The van der Waals surface area contributed by atoms with Crippen molar-refractivity contribution in [2.75, 3.05) is 6.79 Å². The van der Waals surface area contributed by atoms with Crippen molar-refractivity contribution >= 4 is 0 Å². The van der Waals surface area contributed by atoms with E-state index < -0.39 is 41.8 Å². The fourth-order valence-corrected chi connectivity index (χ4v) is 2.37. The molecule has 0 aromatic heterocycles. The van der Waals surface area contributed by atoms with Crippen LogP contribution in [0.2, 0.25) is 0 Å². The van der Waals surface area contributed by atoms with E-state index in [9.17, 15) is 10.1 Å². The number of hydrogen-bond donors (Lipinski definition) is 0. The molecule has 102 valence electrons. The minimum atomic E-state index is -1.13.